The third kappa shape index (κ3) is 4.01. The summed E-state index contributed by atoms with van der Waals surface area (Å²) in [7, 11) is 1.66. The molecule has 0 aromatic heterocycles. The largest absolute Gasteiger partial charge is 0.396 e. The van der Waals surface area contributed by atoms with Crippen LogP contribution in [0.2, 0.25) is 0 Å². The Bertz CT molecular complexity index is 186. The highest BCUT2D eigenvalue weighted by atomic mass is 17.2. The smallest absolute Gasteiger partial charge is 0.203 e. The molecule has 0 saturated carbocycles. The van der Waals surface area contributed by atoms with Crippen molar-refractivity contribution in [1.29, 1.82) is 0 Å². The molecule has 1 rings (SSSR count). The first kappa shape index (κ1) is 13.9. The summed E-state index contributed by atoms with van der Waals surface area (Å²) in [5.41, 5.74) is 0. The zero-order valence-corrected chi connectivity index (χ0v) is 10.4. The lowest BCUT2D eigenvalue weighted by molar-refractivity contribution is -0.385. The van der Waals surface area contributed by atoms with Crippen LogP contribution in [0.3, 0.4) is 0 Å². The lowest BCUT2D eigenvalue weighted by atomic mass is 10.00. The van der Waals surface area contributed by atoms with Gasteiger partial charge in [-0.3, -0.25) is 0 Å². The highest BCUT2D eigenvalue weighted by molar-refractivity contribution is 4.77. The van der Waals surface area contributed by atoms with Crippen molar-refractivity contribution in [2.24, 2.45) is 0 Å². The number of aliphatic hydroxyl groups is 1. The minimum atomic E-state index is -0.576. The third-order valence-corrected chi connectivity index (χ3v) is 3.11. The summed E-state index contributed by atoms with van der Waals surface area (Å²) in [6, 6.07) is 0. The van der Waals surface area contributed by atoms with Gasteiger partial charge in [-0.15, -0.1) is 0 Å². The molecule has 1 aliphatic rings. The van der Waals surface area contributed by atoms with E-state index in [-0.39, 0.29) is 12.7 Å². The Labute approximate surface area is 97.8 Å². The molecule has 4 nitrogen and oxygen atoms in total. The molecule has 1 saturated heterocycles. The molecule has 1 aliphatic heterocycles. The van der Waals surface area contributed by atoms with Gasteiger partial charge in [-0.25, -0.2) is 9.78 Å². The van der Waals surface area contributed by atoms with Crippen molar-refractivity contribution in [2.75, 3.05) is 13.7 Å². The van der Waals surface area contributed by atoms with E-state index in [0.717, 1.165) is 19.3 Å². The SMILES string of the molecule is CCCCCCC1(OC)CC(CCO)OO1. The van der Waals surface area contributed by atoms with Gasteiger partial charge in [0.1, 0.15) is 6.10 Å². The van der Waals surface area contributed by atoms with E-state index in [2.05, 4.69) is 6.92 Å². The van der Waals surface area contributed by atoms with Crippen LogP contribution in [-0.4, -0.2) is 30.7 Å². The number of hydrogen-bond donors (Lipinski definition) is 1. The Hall–Kier alpha value is -0.160. The van der Waals surface area contributed by atoms with Gasteiger partial charge < -0.3 is 9.84 Å². The molecule has 4 heteroatoms. The zero-order valence-electron chi connectivity index (χ0n) is 10.4. The van der Waals surface area contributed by atoms with E-state index < -0.39 is 5.79 Å². The number of rotatable bonds is 8. The van der Waals surface area contributed by atoms with Gasteiger partial charge >= 0.3 is 0 Å². The Morgan fingerprint density at radius 3 is 2.81 bits per heavy atom. The fourth-order valence-electron chi connectivity index (χ4n) is 2.05. The van der Waals surface area contributed by atoms with Crippen molar-refractivity contribution < 1.29 is 19.6 Å². The quantitative estimate of drug-likeness (QED) is 0.515. The molecule has 2 unspecified atom stereocenters. The molecule has 96 valence electrons. The molecule has 0 aliphatic carbocycles. The van der Waals surface area contributed by atoms with Crippen LogP contribution < -0.4 is 0 Å². The summed E-state index contributed by atoms with van der Waals surface area (Å²) in [6.45, 7) is 2.32. The van der Waals surface area contributed by atoms with E-state index in [9.17, 15) is 0 Å². The molecule has 1 fully saturated rings. The summed E-state index contributed by atoms with van der Waals surface area (Å²) in [5.74, 6) is -0.576. The number of aliphatic hydroxyl groups excluding tert-OH is 1. The van der Waals surface area contributed by atoms with Crippen LogP contribution >= 0.6 is 0 Å². The van der Waals surface area contributed by atoms with Crippen molar-refractivity contribution in [2.45, 2.75) is 63.8 Å². The normalized spacial score (nSPS) is 29.8. The predicted octanol–water partition coefficient (Wildman–Crippen LogP) is 2.40. The molecule has 1 heterocycles. The zero-order chi connectivity index (χ0) is 11.9. The Kier molecular flexibility index (Phi) is 6.28. The summed E-state index contributed by atoms with van der Waals surface area (Å²) < 4.78 is 5.43. The molecule has 0 amide bonds. The molecule has 0 spiro atoms. The number of unbranched alkanes of at least 4 members (excludes halogenated alkanes) is 3. The van der Waals surface area contributed by atoms with Gasteiger partial charge in [0.25, 0.3) is 0 Å². The fourth-order valence-corrected chi connectivity index (χ4v) is 2.05. The van der Waals surface area contributed by atoms with Crippen molar-refractivity contribution in [3.8, 4) is 0 Å². The van der Waals surface area contributed by atoms with Gasteiger partial charge in [-0.05, 0) is 6.42 Å². The van der Waals surface area contributed by atoms with Crippen LogP contribution in [0.5, 0.6) is 0 Å². The molecule has 16 heavy (non-hydrogen) atoms. The molecule has 1 N–H and O–H groups in total. The van der Waals surface area contributed by atoms with Gasteiger partial charge in [-0.2, -0.15) is 0 Å². The molecule has 0 aromatic rings. The fraction of sp³-hybridized carbons (Fsp3) is 1.00. The minimum absolute atomic E-state index is 0.0314. The molecule has 0 radical (unpaired) electrons. The Balaban J connectivity index is 2.28. The average Bonchev–Trinajstić information content (AvgIpc) is 2.70. The van der Waals surface area contributed by atoms with Crippen LogP contribution in [0.4, 0.5) is 0 Å². The van der Waals surface area contributed by atoms with Crippen molar-refractivity contribution in [3.05, 3.63) is 0 Å². The standard InChI is InChI=1S/C12H24O4/c1-3-4-5-6-8-12(14-2)10-11(7-9-13)15-16-12/h11,13H,3-10H2,1-2H3. The molecule has 0 bridgehead atoms. The topological polar surface area (TPSA) is 47.9 Å². The molecule has 2 atom stereocenters. The van der Waals surface area contributed by atoms with Gasteiger partial charge in [-0.1, -0.05) is 26.2 Å². The minimum Gasteiger partial charge on any atom is -0.396 e. The monoisotopic (exact) mass is 232 g/mol. The van der Waals surface area contributed by atoms with Gasteiger partial charge in [0.15, 0.2) is 0 Å². The van der Waals surface area contributed by atoms with E-state index in [1.54, 1.807) is 7.11 Å². The predicted molar refractivity (Wildman–Crippen MR) is 60.8 cm³/mol. The highest BCUT2D eigenvalue weighted by Crippen LogP contribution is 2.34. The lowest BCUT2D eigenvalue weighted by Gasteiger charge is -2.23. The van der Waals surface area contributed by atoms with E-state index in [1.165, 1.54) is 19.3 Å². The van der Waals surface area contributed by atoms with Gasteiger partial charge in [0, 0.05) is 33.0 Å². The lowest BCUT2D eigenvalue weighted by Crippen LogP contribution is -2.30. The van der Waals surface area contributed by atoms with Crippen molar-refractivity contribution in [1.82, 2.24) is 0 Å². The van der Waals surface area contributed by atoms with E-state index >= 15 is 0 Å². The summed E-state index contributed by atoms with van der Waals surface area (Å²) in [5, 5.41) is 8.84. The van der Waals surface area contributed by atoms with Crippen molar-refractivity contribution >= 4 is 0 Å². The second kappa shape index (κ2) is 7.22. The first-order valence-corrected chi connectivity index (χ1v) is 6.27. The van der Waals surface area contributed by atoms with Crippen LogP contribution in [0.25, 0.3) is 0 Å². The Morgan fingerprint density at radius 1 is 1.38 bits per heavy atom. The van der Waals surface area contributed by atoms with Crippen molar-refractivity contribution in [3.63, 3.8) is 0 Å². The van der Waals surface area contributed by atoms with E-state index in [0.29, 0.717) is 6.42 Å². The average molecular weight is 232 g/mol. The first-order chi connectivity index (χ1) is 7.76. The maximum absolute atomic E-state index is 8.84. The van der Waals surface area contributed by atoms with Gasteiger partial charge in [0.2, 0.25) is 5.79 Å². The second-order valence-electron chi connectivity index (χ2n) is 4.44. The van der Waals surface area contributed by atoms with Crippen LogP contribution in [-0.2, 0) is 14.5 Å². The number of ether oxygens (including phenoxy) is 1. The van der Waals surface area contributed by atoms with Crippen LogP contribution in [0, 0.1) is 0 Å². The third-order valence-electron chi connectivity index (χ3n) is 3.11. The first-order valence-electron chi connectivity index (χ1n) is 6.27. The maximum atomic E-state index is 8.84. The Morgan fingerprint density at radius 2 is 2.19 bits per heavy atom. The number of hydrogen-bond acceptors (Lipinski definition) is 4. The van der Waals surface area contributed by atoms with E-state index in [4.69, 9.17) is 19.6 Å². The summed E-state index contributed by atoms with van der Waals surface area (Å²) >= 11 is 0. The molecule has 0 aromatic carbocycles. The second-order valence-corrected chi connectivity index (χ2v) is 4.44. The van der Waals surface area contributed by atoms with Crippen LogP contribution in [0.15, 0.2) is 0 Å². The number of methoxy groups -OCH3 is 1. The highest BCUT2D eigenvalue weighted by Gasteiger charge is 2.42. The van der Waals surface area contributed by atoms with Crippen LogP contribution in [0.1, 0.15) is 51.9 Å². The molecular weight excluding hydrogens is 208 g/mol. The van der Waals surface area contributed by atoms with E-state index in [1.807, 2.05) is 0 Å². The molecular formula is C12H24O4. The summed E-state index contributed by atoms with van der Waals surface area (Å²) in [6.07, 6.45) is 6.94. The maximum Gasteiger partial charge on any atom is 0.203 e. The van der Waals surface area contributed by atoms with Gasteiger partial charge in [0.05, 0.1) is 0 Å². The summed E-state index contributed by atoms with van der Waals surface area (Å²) in [4.78, 5) is 10.5.